The van der Waals surface area contributed by atoms with Gasteiger partial charge in [-0.3, -0.25) is 4.79 Å². The number of fused-ring (bicyclic) bond motifs is 1. The summed E-state index contributed by atoms with van der Waals surface area (Å²) < 4.78 is 30.7. The van der Waals surface area contributed by atoms with Crippen molar-refractivity contribution in [3.63, 3.8) is 0 Å². The number of rotatable bonds is 8. The van der Waals surface area contributed by atoms with Crippen molar-refractivity contribution >= 4 is 5.91 Å². The van der Waals surface area contributed by atoms with Crippen LogP contribution in [-0.2, 0) is 35.1 Å². The molecule has 0 aromatic heterocycles. The smallest absolute Gasteiger partial charge is 0.217 e. The number of benzene rings is 2. The lowest BCUT2D eigenvalue weighted by atomic mass is 9.95. The minimum atomic E-state index is -0.726. The van der Waals surface area contributed by atoms with Crippen LogP contribution in [-0.4, -0.2) is 49.8 Å². The summed E-state index contributed by atoms with van der Waals surface area (Å²) in [6.07, 6.45) is -0.973. The topological polar surface area (TPSA) is 75.3 Å². The molecule has 2 fully saturated rings. The summed E-state index contributed by atoms with van der Waals surface area (Å²) in [5, 5.41) is 2.95. The maximum absolute atomic E-state index is 12.0. The molecule has 0 radical (unpaired) electrons. The van der Waals surface area contributed by atoms with Crippen LogP contribution in [0, 0.1) is 0 Å². The highest BCUT2D eigenvalue weighted by Gasteiger charge is 2.51. The van der Waals surface area contributed by atoms with Gasteiger partial charge in [0.2, 0.25) is 5.91 Å². The number of carbonyl (C=O) groups excluding carboxylic acids is 1. The lowest BCUT2D eigenvalue weighted by Gasteiger charge is -2.49. The van der Waals surface area contributed by atoms with E-state index in [9.17, 15) is 4.79 Å². The van der Waals surface area contributed by atoms with Crippen LogP contribution in [0.1, 0.15) is 24.3 Å². The first-order valence-electron chi connectivity index (χ1n) is 10.8. The third kappa shape index (κ3) is 5.43. The van der Waals surface area contributed by atoms with Crippen molar-refractivity contribution in [3.8, 4) is 0 Å². The van der Waals surface area contributed by atoms with E-state index in [0.717, 1.165) is 11.1 Å². The Morgan fingerprint density at radius 1 is 1.09 bits per heavy atom. The Morgan fingerprint density at radius 3 is 2.50 bits per heavy atom. The van der Waals surface area contributed by atoms with Gasteiger partial charge in [0.1, 0.15) is 24.4 Å². The molecule has 2 saturated heterocycles. The fraction of sp³-hybridized carbons (Fsp3) is 0.400. The minimum absolute atomic E-state index is 0.204. The van der Waals surface area contributed by atoms with Gasteiger partial charge in [0.15, 0.2) is 12.6 Å². The molecule has 4 rings (SSSR count). The van der Waals surface area contributed by atoms with E-state index in [2.05, 4.69) is 11.9 Å². The Kier molecular flexibility index (Phi) is 7.68. The first-order valence-corrected chi connectivity index (χ1v) is 10.8. The molecule has 2 aromatic carbocycles. The molecule has 0 saturated carbocycles. The molecular formula is C25H29NO6. The van der Waals surface area contributed by atoms with Gasteiger partial charge in [0.25, 0.3) is 0 Å². The third-order valence-electron chi connectivity index (χ3n) is 5.44. The molecule has 2 aliphatic heterocycles. The fourth-order valence-electron chi connectivity index (χ4n) is 4.01. The van der Waals surface area contributed by atoms with Crippen LogP contribution in [0.15, 0.2) is 73.3 Å². The zero-order valence-corrected chi connectivity index (χ0v) is 18.1. The standard InChI is InChI=1S/C25H29NO6/c1-3-14-28-23-21(26-17(2)27)25(29-15-18-10-6-4-7-11-18)31-20-16-30-24(32-22(20)23)19-12-8-5-9-13-19/h3-13,20-25H,1,14-16H2,2H3,(H,26,27)/t20-,21-,22+,23+,24+,25+/m0/s1. The zero-order valence-electron chi connectivity index (χ0n) is 18.1. The van der Waals surface area contributed by atoms with E-state index >= 15 is 0 Å². The highest BCUT2D eigenvalue weighted by atomic mass is 16.7. The van der Waals surface area contributed by atoms with Gasteiger partial charge in [-0.05, 0) is 5.56 Å². The Bertz CT molecular complexity index is 877. The third-order valence-corrected chi connectivity index (χ3v) is 5.44. The predicted octanol–water partition coefficient (Wildman–Crippen LogP) is 3.12. The van der Waals surface area contributed by atoms with Crippen molar-refractivity contribution in [2.24, 2.45) is 0 Å². The second-order valence-corrected chi connectivity index (χ2v) is 7.83. The average molecular weight is 440 g/mol. The monoisotopic (exact) mass is 439 g/mol. The van der Waals surface area contributed by atoms with Crippen molar-refractivity contribution in [1.29, 1.82) is 0 Å². The van der Waals surface area contributed by atoms with Crippen LogP contribution in [0.25, 0.3) is 0 Å². The summed E-state index contributed by atoms with van der Waals surface area (Å²) in [5.74, 6) is -0.204. The SMILES string of the molecule is C=CCO[C@@H]1[C@H](NC(C)=O)[C@H](OCc2ccccc2)O[C@H]2CO[C@@H](c3ccccc3)O[C@@H]12. The number of hydrogen-bond donors (Lipinski definition) is 1. The van der Waals surface area contributed by atoms with Crippen LogP contribution in [0.2, 0.25) is 0 Å². The van der Waals surface area contributed by atoms with E-state index in [1.54, 1.807) is 6.08 Å². The molecular weight excluding hydrogens is 410 g/mol. The molecule has 0 bridgehead atoms. The minimum Gasteiger partial charge on any atom is -0.369 e. The number of hydrogen-bond acceptors (Lipinski definition) is 6. The Balaban J connectivity index is 1.55. The zero-order chi connectivity index (χ0) is 22.3. The molecule has 1 N–H and O–H groups in total. The summed E-state index contributed by atoms with van der Waals surface area (Å²) >= 11 is 0. The lowest BCUT2D eigenvalue weighted by molar-refractivity contribution is -0.349. The number of ether oxygens (including phenoxy) is 5. The largest absolute Gasteiger partial charge is 0.369 e. The van der Waals surface area contributed by atoms with Crippen LogP contribution in [0.4, 0.5) is 0 Å². The second-order valence-electron chi connectivity index (χ2n) is 7.83. The second kappa shape index (κ2) is 10.8. The molecule has 1 amide bonds. The molecule has 2 aromatic rings. The fourth-order valence-corrected chi connectivity index (χ4v) is 4.01. The summed E-state index contributed by atoms with van der Waals surface area (Å²) in [4.78, 5) is 12.0. The maximum atomic E-state index is 12.0. The number of carbonyl (C=O) groups is 1. The predicted molar refractivity (Wildman–Crippen MR) is 117 cm³/mol. The van der Waals surface area contributed by atoms with Crippen molar-refractivity contribution in [1.82, 2.24) is 5.32 Å². The Labute approximate surface area is 188 Å². The molecule has 170 valence electrons. The van der Waals surface area contributed by atoms with Crippen molar-refractivity contribution in [3.05, 3.63) is 84.4 Å². The van der Waals surface area contributed by atoms with E-state index in [1.165, 1.54) is 6.92 Å². The van der Waals surface area contributed by atoms with E-state index < -0.39 is 36.9 Å². The van der Waals surface area contributed by atoms with E-state index in [1.807, 2.05) is 60.7 Å². The van der Waals surface area contributed by atoms with Gasteiger partial charge < -0.3 is 29.0 Å². The van der Waals surface area contributed by atoms with Gasteiger partial charge in [-0.1, -0.05) is 66.7 Å². The average Bonchev–Trinajstić information content (AvgIpc) is 2.82. The van der Waals surface area contributed by atoms with Gasteiger partial charge in [0.05, 0.1) is 19.8 Å². The van der Waals surface area contributed by atoms with Gasteiger partial charge in [0, 0.05) is 12.5 Å². The molecule has 0 aliphatic carbocycles. The van der Waals surface area contributed by atoms with E-state index in [-0.39, 0.29) is 5.91 Å². The molecule has 7 heteroatoms. The molecule has 0 unspecified atom stereocenters. The maximum Gasteiger partial charge on any atom is 0.217 e. The Morgan fingerprint density at radius 2 is 1.81 bits per heavy atom. The van der Waals surface area contributed by atoms with Crippen LogP contribution in [0.3, 0.4) is 0 Å². The highest BCUT2D eigenvalue weighted by Crippen LogP contribution is 2.35. The molecule has 2 heterocycles. The lowest BCUT2D eigenvalue weighted by Crippen LogP contribution is -2.67. The van der Waals surface area contributed by atoms with Crippen LogP contribution < -0.4 is 5.32 Å². The van der Waals surface area contributed by atoms with Gasteiger partial charge in [-0.25, -0.2) is 0 Å². The first kappa shape index (κ1) is 22.6. The number of amides is 1. The van der Waals surface area contributed by atoms with Crippen molar-refractivity contribution < 1.29 is 28.5 Å². The van der Waals surface area contributed by atoms with Crippen LogP contribution in [0.5, 0.6) is 0 Å². The molecule has 6 atom stereocenters. The van der Waals surface area contributed by atoms with Gasteiger partial charge in [-0.2, -0.15) is 0 Å². The summed E-state index contributed by atoms with van der Waals surface area (Å²) in [6, 6.07) is 18.9. The molecule has 2 aliphatic rings. The highest BCUT2D eigenvalue weighted by molar-refractivity contribution is 5.73. The quantitative estimate of drug-likeness (QED) is 0.637. The van der Waals surface area contributed by atoms with Crippen molar-refractivity contribution in [2.45, 2.75) is 50.5 Å². The normalized spacial score (nSPS) is 29.7. The number of nitrogens with one attached hydrogen (secondary N) is 1. The molecule has 7 nitrogen and oxygen atoms in total. The van der Waals surface area contributed by atoms with Crippen molar-refractivity contribution in [2.75, 3.05) is 13.2 Å². The molecule has 32 heavy (non-hydrogen) atoms. The van der Waals surface area contributed by atoms with Crippen LogP contribution >= 0.6 is 0 Å². The van der Waals surface area contributed by atoms with Gasteiger partial charge in [-0.15, -0.1) is 6.58 Å². The summed E-state index contributed by atoms with van der Waals surface area (Å²) in [7, 11) is 0. The van der Waals surface area contributed by atoms with E-state index in [0.29, 0.717) is 19.8 Å². The summed E-state index contributed by atoms with van der Waals surface area (Å²) in [6.45, 7) is 6.16. The molecule has 0 spiro atoms. The summed E-state index contributed by atoms with van der Waals surface area (Å²) in [5.41, 5.74) is 1.91. The Hall–Kier alpha value is -2.55. The first-order chi connectivity index (χ1) is 15.7. The van der Waals surface area contributed by atoms with E-state index in [4.69, 9.17) is 23.7 Å². The van der Waals surface area contributed by atoms with Gasteiger partial charge >= 0.3 is 0 Å².